The van der Waals surface area contributed by atoms with Gasteiger partial charge in [-0.1, -0.05) is 6.42 Å². The van der Waals surface area contributed by atoms with Crippen molar-refractivity contribution >= 4 is 5.82 Å². The fraction of sp³-hybridized carbons (Fsp3) is 0.643. The Labute approximate surface area is 109 Å². The van der Waals surface area contributed by atoms with Crippen molar-refractivity contribution in [3.05, 3.63) is 18.3 Å². The van der Waals surface area contributed by atoms with E-state index in [0.29, 0.717) is 6.04 Å². The van der Waals surface area contributed by atoms with Gasteiger partial charge in [-0.3, -0.25) is 0 Å². The molecule has 0 aromatic carbocycles. The van der Waals surface area contributed by atoms with Gasteiger partial charge in [-0.2, -0.15) is 0 Å². The number of piperidine rings is 1. The summed E-state index contributed by atoms with van der Waals surface area (Å²) in [5.74, 6) is 1.81. The smallest absolute Gasteiger partial charge is 0.171 e. The number of ether oxygens (including phenoxy) is 1. The summed E-state index contributed by atoms with van der Waals surface area (Å²) in [6, 6.07) is 4.46. The topological polar surface area (TPSA) is 37.4 Å². The van der Waals surface area contributed by atoms with Crippen LogP contribution >= 0.6 is 0 Å². The fourth-order valence-electron chi connectivity index (χ4n) is 2.49. The van der Waals surface area contributed by atoms with E-state index in [4.69, 9.17) is 4.74 Å². The number of hydrogen-bond donors (Lipinski definition) is 1. The second-order valence-electron chi connectivity index (χ2n) is 4.71. The van der Waals surface area contributed by atoms with Crippen LogP contribution in [0.25, 0.3) is 0 Å². The van der Waals surface area contributed by atoms with Crippen LogP contribution in [-0.4, -0.2) is 37.8 Å². The van der Waals surface area contributed by atoms with E-state index < -0.39 is 0 Å². The number of likely N-dealkylation sites (N-methyl/N-ethyl adjacent to an activating group) is 1. The lowest BCUT2D eigenvalue weighted by Gasteiger charge is -2.31. The molecular formula is C14H23N3O. The number of aromatic nitrogens is 1. The van der Waals surface area contributed by atoms with E-state index >= 15 is 0 Å². The van der Waals surface area contributed by atoms with Crippen molar-refractivity contribution in [3.8, 4) is 5.75 Å². The minimum absolute atomic E-state index is 0.574. The molecule has 4 heteroatoms. The Bertz CT molecular complexity index is 364. The van der Waals surface area contributed by atoms with Crippen LogP contribution < -0.4 is 15.0 Å². The molecular weight excluding hydrogens is 226 g/mol. The third kappa shape index (κ3) is 3.13. The van der Waals surface area contributed by atoms with Gasteiger partial charge in [0, 0.05) is 25.3 Å². The van der Waals surface area contributed by atoms with Gasteiger partial charge in [0.15, 0.2) is 11.6 Å². The molecule has 1 aliphatic rings. The molecule has 1 aliphatic heterocycles. The first-order valence-electron chi connectivity index (χ1n) is 6.82. The molecule has 1 atom stereocenters. The first-order valence-corrected chi connectivity index (χ1v) is 6.82. The minimum atomic E-state index is 0.574. The predicted octanol–water partition coefficient (Wildman–Crippen LogP) is 2.06. The summed E-state index contributed by atoms with van der Waals surface area (Å²) >= 11 is 0. The van der Waals surface area contributed by atoms with Crippen LogP contribution in [0.2, 0.25) is 0 Å². The summed E-state index contributed by atoms with van der Waals surface area (Å²) in [6.45, 7) is 5.26. The fourth-order valence-corrected chi connectivity index (χ4v) is 2.49. The molecule has 0 aliphatic carbocycles. The molecule has 18 heavy (non-hydrogen) atoms. The Morgan fingerprint density at radius 3 is 3.06 bits per heavy atom. The Morgan fingerprint density at radius 1 is 1.50 bits per heavy atom. The SMILES string of the molecule is CCN(CC1CCCCN1)c1ncccc1OC. The summed E-state index contributed by atoms with van der Waals surface area (Å²) in [5, 5.41) is 3.58. The van der Waals surface area contributed by atoms with Gasteiger partial charge in [-0.15, -0.1) is 0 Å². The average molecular weight is 249 g/mol. The molecule has 1 N–H and O–H groups in total. The van der Waals surface area contributed by atoms with Gasteiger partial charge in [-0.25, -0.2) is 4.98 Å². The van der Waals surface area contributed by atoms with Gasteiger partial charge in [0.2, 0.25) is 0 Å². The molecule has 1 unspecified atom stereocenters. The first kappa shape index (κ1) is 13.1. The summed E-state index contributed by atoms with van der Waals surface area (Å²) < 4.78 is 5.39. The van der Waals surface area contributed by atoms with Crippen LogP contribution in [0.5, 0.6) is 5.75 Å². The molecule has 100 valence electrons. The molecule has 1 fully saturated rings. The number of anilines is 1. The highest BCUT2D eigenvalue weighted by molar-refractivity contribution is 5.52. The Balaban J connectivity index is 2.07. The largest absolute Gasteiger partial charge is 0.493 e. The average Bonchev–Trinajstić information content (AvgIpc) is 2.46. The molecule has 0 spiro atoms. The van der Waals surface area contributed by atoms with Crippen molar-refractivity contribution in [2.24, 2.45) is 0 Å². The van der Waals surface area contributed by atoms with E-state index in [2.05, 4.69) is 22.1 Å². The number of hydrogen-bond acceptors (Lipinski definition) is 4. The molecule has 0 radical (unpaired) electrons. The van der Waals surface area contributed by atoms with E-state index in [1.165, 1.54) is 19.3 Å². The molecule has 1 saturated heterocycles. The van der Waals surface area contributed by atoms with Crippen molar-refractivity contribution < 1.29 is 4.74 Å². The van der Waals surface area contributed by atoms with Crippen LogP contribution in [0, 0.1) is 0 Å². The number of nitrogens with zero attached hydrogens (tertiary/aromatic N) is 2. The van der Waals surface area contributed by atoms with Gasteiger partial charge in [0.05, 0.1) is 7.11 Å². The second kappa shape index (κ2) is 6.59. The van der Waals surface area contributed by atoms with E-state index in [9.17, 15) is 0 Å². The standard InChI is InChI=1S/C14H23N3O/c1-3-17(11-12-7-4-5-9-15-12)14-13(18-2)8-6-10-16-14/h6,8,10,12,15H,3-5,7,9,11H2,1-2H3. The maximum absolute atomic E-state index is 5.39. The van der Waals surface area contributed by atoms with Crippen molar-refractivity contribution in [2.75, 3.05) is 31.6 Å². The monoisotopic (exact) mass is 249 g/mol. The van der Waals surface area contributed by atoms with Gasteiger partial charge in [0.25, 0.3) is 0 Å². The number of rotatable bonds is 5. The van der Waals surface area contributed by atoms with Crippen molar-refractivity contribution in [1.29, 1.82) is 0 Å². The van der Waals surface area contributed by atoms with Gasteiger partial charge in [0.1, 0.15) is 0 Å². The lowest BCUT2D eigenvalue weighted by atomic mass is 10.0. The maximum atomic E-state index is 5.39. The van der Waals surface area contributed by atoms with E-state index in [-0.39, 0.29) is 0 Å². The highest BCUT2D eigenvalue weighted by Crippen LogP contribution is 2.25. The lowest BCUT2D eigenvalue weighted by Crippen LogP contribution is -2.44. The predicted molar refractivity (Wildman–Crippen MR) is 74.3 cm³/mol. The van der Waals surface area contributed by atoms with Crippen LogP contribution in [0.15, 0.2) is 18.3 Å². The van der Waals surface area contributed by atoms with Crippen molar-refractivity contribution in [1.82, 2.24) is 10.3 Å². The summed E-state index contributed by atoms with van der Waals surface area (Å²) in [6.07, 6.45) is 5.71. The van der Waals surface area contributed by atoms with E-state index in [1.54, 1.807) is 7.11 Å². The molecule has 0 saturated carbocycles. The molecule has 0 amide bonds. The van der Waals surface area contributed by atoms with E-state index in [1.807, 2.05) is 18.3 Å². The second-order valence-corrected chi connectivity index (χ2v) is 4.71. The molecule has 2 rings (SSSR count). The van der Waals surface area contributed by atoms with Crippen molar-refractivity contribution in [2.45, 2.75) is 32.2 Å². The summed E-state index contributed by atoms with van der Waals surface area (Å²) in [4.78, 5) is 6.75. The third-order valence-corrected chi connectivity index (χ3v) is 3.51. The van der Waals surface area contributed by atoms with Gasteiger partial charge in [-0.05, 0) is 38.4 Å². The summed E-state index contributed by atoms with van der Waals surface area (Å²) in [7, 11) is 1.70. The minimum Gasteiger partial charge on any atom is -0.493 e. The third-order valence-electron chi connectivity index (χ3n) is 3.51. The lowest BCUT2D eigenvalue weighted by molar-refractivity contribution is 0.392. The Hall–Kier alpha value is -1.29. The van der Waals surface area contributed by atoms with Crippen LogP contribution in [0.1, 0.15) is 26.2 Å². The highest BCUT2D eigenvalue weighted by atomic mass is 16.5. The zero-order valence-corrected chi connectivity index (χ0v) is 11.4. The molecule has 2 heterocycles. The molecule has 1 aromatic heterocycles. The normalized spacial score (nSPS) is 19.6. The molecule has 0 bridgehead atoms. The Kier molecular flexibility index (Phi) is 4.81. The zero-order chi connectivity index (χ0) is 12.8. The van der Waals surface area contributed by atoms with Gasteiger partial charge >= 0.3 is 0 Å². The zero-order valence-electron chi connectivity index (χ0n) is 11.4. The van der Waals surface area contributed by atoms with Crippen LogP contribution in [-0.2, 0) is 0 Å². The van der Waals surface area contributed by atoms with Crippen molar-refractivity contribution in [3.63, 3.8) is 0 Å². The molecule has 1 aromatic rings. The summed E-state index contributed by atoms with van der Waals surface area (Å²) in [5.41, 5.74) is 0. The number of nitrogens with one attached hydrogen (secondary N) is 1. The van der Waals surface area contributed by atoms with Crippen LogP contribution in [0.4, 0.5) is 5.82 Å². The van der Waals surface area contributed by atoms with Gasteiger partial charge < -0.3 is 15.0 Å². The number of pyridine rings is 1. The first-order chi connectivity index (χ1) is 8.85. The quantitative estimate of drug-likeness (QED) is 0.866. The molecule has 4 nitrogen and oxygen atoms in total. The highest BCUT2D eigenvalue weighted by Gasteiger charge is 2.18. The number of methoxy groups -OCH3 is 1. The Morgan fingerprint density at radius 2 is 2.39 bits per heavy atom. The van der Waals surface area contributed by atoms with Crippen LogP contribution in [0.3, 0.4) is 0 Å². The maximum Gasteiger partial charge on any atom is 0.171 e. The van der Waals surface area contributed by atoms with E-state index in [0.717, 1.165) is 31.2 Å².